The maximum Gasteiger partial charge on any atom is 0.262 e. The summed E-state index contributed by atoms with van der Waals surface area (Å²) >= 11 is 0. The number of halogens is 1. The lowest BCUT2D eigenvalue weighted by Gasteiger charge is -2.09. The number of rotatable bonds is 5. The minimum absolute atomic E-state index is 0.108. The Labute approximate surface area is 123 Å². The first-order chi connectivity index (χ1) is 10.1. The summed E-state index contributed by atoms with van der Waals surface area (Å²) in [5.74, 6) is -0.0101. The number of hydrogen-bond acceptors (Lipinski definition) is 2. The second-order valence-electron chi connectivity index (χ2n) is 4.80. The van der Waals surface area contributed by atoms with E-state index in [2.05, 4.69) is 12.2 Å². The summed E-state index contributed by atoms with van der Waals surface area (Å²) in [6.45, 7) is 3.62. The molecule has 1 N–H and O–H groups in total. The van der Waals surface area contributed by atoms with Gasteiger partial charge in [0.15, 0.2) is 6.61 Å². The van der Waals surface area contributed by atoms with Crippen LogP contribution >= 0.6 is 0 Å². The second kappa shape index (κ2) is 6.88. The Balaban J connectivity index is 1.91. The number of benzene rings is 2. The summed E-state index contributed by atoms with van der Waals surface area (Å²) in [7, 11) is 0. The Hall–Kier alpha value is -2.36. The number of ether oxygens (including phenoxy) is 1. The van der Waals surface area contributed by atoms with E-state index in [0.29, 0.717) is 17.0 Å². The highest BCUT2D eigenvalue weighted by molar-refractivity contribution is 5.91. The molecule has 0 aromatic heterocycles. The zero-order valence-corrected chi connectivity index (χ0v) is 12.2. The van der Waals surface area contributed by atoms with Gasteiger partial charge in [-0.25, -0.2) is 4.39 Å². The molecule has 2 aromatic rings. The molecule has 2 rings (SSSR count). The Morgan fingerprint density at radius 3 is 2.76 bits per heavy atom. The van der Waals surface area contributed by atoms with Crippen LogP contribution in [-0.2, 0) is 11.2 Å². The number of amides is 1. The van der Waals surface area contributed by atoms with Crippen LogP contribution in [0.1, 0.15) is 18.1 Å². The van der Waals surface area contributed by atoms with Crippen molar-refractivity contribution in [2.75, 3.05) is 11.9 Å². The molecule has 4 heteroatoms. The van der Waals surface area contributed by atoms with Crippen molar-refractivity contribution in [1.29, 1.82) is 0 Å². The van der Waals surface area contributed by atoms with Crippen LogP contribution < -0.4 is 10.1 Å². The fraction of sp³-hybridized carbons (Fsp3) is 0.235. The van der Waals surface area contributed by atoms with E-state index in [4.69, 9.17) is 4.74 Å². The lowest BCUT2D eigenvalue weighted by Crippen LogP contribution is -2.20. The number of hydrogen-bond donors (Lipinski definition) is 1. The van der Waals surface area contributed by atoms with Gasteiger partial charge in [0.05, 0.1) is 0 Å². The predicted octanol–water partition coefficient (Wildman–Crippen LogP) is 3.71. The van der Waals surface area contributed by atoms with Crippen molar-refractivity contribution < 1.29 is 13.9 Å². The standard InChI is InChI=1S/C17H18FNO2/c1-3-13-5-4-6-15(9-13)21-11-17(20)19-14-8-7-12(2)16(18)10-14/h4-10H,3,11H2,1-2H3,(H,19,20). The minimum atomic E-state index is -0.343. The molecular weight excluding hydrogens is 269 g/mol. The van der Waals surface area contributed by atoms with Gasteiger partial charge < -0.3 is 10.1 Å². The van der Waals surface area contributed by atoms with Crippen molar-refractivity contribution in [1.82, 2.24) is 0 Å². The molecule has 0 atom stereocenters. The van der Waals surface area contributed by atoms with E-state index in [0.717, 1.165) is 12.0 Å². The van der Waals surface area contributed by atoms with Gasteiger partial charge >= 0.3 is 0 Å². The molecule has 21 heavy (non-hydrogen) atoms. The molecule has 3 nitrogen and oxygen atoms in total. The predicted molar refractivity (Wildman–Crippen MR) is 81.1 cm³/mol. The van der Waals surface area contributed by atoms with Gasteiger partial charge in [0.25, 0.3) is 5.91 Å². The zero-order chi connectivity index (χ0) is 15.2. The Morgan fingerprint density at radius 2 is 2.05 bits per heavy atom. The fourth-order valence-electron chi connectivity index (χ4n) is 1.87. The SMILES string of the molecule is CCc1cccc(OCC(=O)Nc2ccc(C)c(F)c2)c1. The summed E-state index contributed by atoms with van der Waals surface area (Å²) in [5, 5.41) is 2.60. The highest BCUT2D eigenvalue weighted by atomic mass is 19.1. The molecule has 0 fully saturated rings. The van der Waals surface area contributed by atoms with Gasteiger partial charge in [-0.15, -0.1) is 0 Å². The Bertz CT molecular complexity index is 640. The van der Waals surface area contributed by atoms with Crippen LogP contribution in [0, 0.1) is 12.7 Å². The maximum absolute atomic E-state index is 13.4. The van der Waals surface area contributed by atoms with Crippen LogP contribution in [0.5, 0.6) is 5.75 Å². The fourth-order valence-corrected chi connectivity index (χ4v) is 1.87. The van der Waals surface area contributed by atoms with Crippen molar-refractivity contribution in [3.8, 4) is 5.75 Å². The summed E-state index contributed by atoms with van der Waals surface area (Å²) < 4.78 is 18.8. The number of carbonyl (C=O) groups excluding carboxylic acids is 1. The lowest BCUT2D eigenvalue weighted by molar-refractivity contribution is -0.118. The van der Waals surface area contributed by atoms with Crippen molar-refractivity contribution in [3.05, 3.63) is 59.4 Å². The molecule has 0 saturated heterocycles. The molecule has 0 aliphatic rings. The second-order valence-corrected chi connectivity index (χ2v) is 4.80. The van der Waals surface area contributed by atoms with Crippen LogP contribution in [0.3, 0.4) is 0 Å². The largest absolute Gasteiger partial charge is 0.484 e. The Morgan fingerprint density at radius 1 is 1.24 bits per heavy atom. The van der Waals surface area contributed by atoms with Crippen molar-refractivity contribution >= 4 is 11.6 Å². The van der Waals surface area contributed by atoms with Crippen molar-refractivity contribution in [3.63, 3.8) is 0 Å². The molecule has 0 unspecified atom stereocenters. The van der Waals surface area contributed by atoms with Gasteiger partial charge in [0.1, 0.15) is 11.6 Å². The van der Waals surface area contributed by atoms with Gasteiger partial charge in [0, 0.05) is 5.69 Å². The molecule has 110 valence electrons. The van der Waals surface area contributed by atoms with E-state index in [1.54, 1.807) is 25.1 Å². The third-order valence-electron chi connectivity index (χ3n) is 3.13. The Kier molecular flexibility index (Phi) is 4.93. The topological polar surface area (TPSA) is 38.3 Å². The van der Waals surface area contributed by atoms with Gasteiger partial charge in [-0.3, -0.25) is 4.79 Å². The quantitative estimate of drug-likeness (QED) is 0.910. The van der Waals surface area contributed by atoms with Gasteiger partial charge in [0.2, 0.25) is 0 Å². The van der Waals surface area contributed by atoms with E-state index in [1.165, 1.54) is 6.07 Å². The molecule has 1 amide bonds. The molecule has 0 aliphatic heterocycles. The summed E-state index contributed by atoms with van der Waals surface area (Å²) in [6, 6.07) is 12.2. The third kappa shape index (κ3) is 4.31. The number of nitrogens with one attached hydrogen (secondary N) is 1. The lowest BCUT2D eigenvalue weighted by atomic mass is 10.2. The van der Waals surface area contributed by atoms with Gasteiger partial charge in [-0.2, -0.15) is 0 Å². The number of aryl methyl sites for hydroxylation is 2. The van der Waals surface area contributed by atoms with Gasteiger partial charge in [-0.05, 0) is 48.7 Å². The molecule has 0 bridgehead atoms. The van der Waals surface area contributed by atoms with Crippen molar-refractivity contribution in [2.45, 2.75) is 20.3 Å². The molecular formula is C17H18FNO2. The molecule has 2 aromatic carbocycles. The first-order valence-electron chi connectivity index (χ1n) is 6.86. The summed E-state index contributed by atoms with van der Waals surface area (Å²) in [4.78, 5) is 11.8. The first kappa shape index (κ1) is 15.0. The average Bonchev–Trinajstić information content (AvgIpc) is 2.49. The zero-order valence-electron chi connectivity index (χ0n) is 12.2. The van der Waals surface area contributed by atoms with Crippen LogP contribution in [0.25, 0.3) is 0 Å². The molecule has 0 spiro atoms. The summed E-state index contributed by atoms with van der Waals surface area (Å²) in [5.41, 5.74) is 2.11. The van der Waals surface area contributed by atoms with Crippen LogP contribution in [0.4, 0.5) is 10.1 Å². The van der Waals surface area contributed by atoms with Crippen LogP contribution in [0.15, 0.2) is 42.5 Å². The number of anilines is 1. The highest BCUT2D eigenvalue weighted by Gasteiger charge is 2.06. The highest BCUT2D eigenvalue weighted by Crippen LogP contribution is 2.15. The third-order valence-corrected chi connectivity index (χ3v) is 3.13. The van der Waals surface area contributed by atoms with Crippen LogP contribution in [0.2, 0.25) is 0 Å². The number of carbonyl (C=O) groups is 1. The molecule has 0 aliphatic carbocycles. The van der Waals surface area contributed by atoms with E-state index in [1.807, 2.05) is 18.2 Å². The smallest absolute Gasteiger partial charge is 0.262 e. The summed E-state index contributed by atoms with van der Waals surface area (Å²) in [6.07, 6.45) is 0.909. The van der Waals surface area contributed by atoms with Crippen LogP contribution in [-0.4, -0.2) is 12.5 Å². The first-order valence-corrected chi connectivity index (χ1v) is 6.86. The minimum Gasteiger partial charge on any atom is -0.484 e. The van der Waals surface area contributed by atoms with Gasteiger partial charge in [-0.1, -0.05) is 25.1 Å². The molecule has 0 saturated carbocycles. The van der Waals surface area contributed by atoms with E-state index in [-0.39, 0.29) is 18.3 Å². The average molecular weight is 287 g/mol. The van der Waals surface area contributed by atoms with E-state index in [9.17, 15) is 9.18 Å². The van der Waals surface area contributed by atoms with Crippen molar-refractivity contribution in [2.24, 2.45) is 0 Å². The maximum atomic E-state index is 13.4. The molecule has 0 radical (unpaired) electrons. The normalized spacial score (nSPS) is 10.2. The molecule has 0 heterocycles. The van der Waals surface area contributed by atoms with E-state index >= 15 is 0 Å². The monoisotopic (exact) mass is 287 g/mol. The van der Waals surface area contributed by atoms with E-state index < -0.39 is 0 Å².